The fraction of sp³-hybridized carbons (Fsp3) is 0.583. The molecule has 3 saturated heterocycles. The first-order valence-corrected chi connectivity index (χ1v) is 17.5. The number of aromatic amines is 1. The second-order valence-electron chi connectivity index (χ2n) is 14.0. The van der Waals surface area contributed by atoms with E-state index in [1.165, 1.54) is 18.5 Å². The molecule has 258 valence electrons. The van der Waals surface area contributed by atoms with E-state index < -0.39 is 0 Å². The molecular formula is C36H50N8O4. The van der Waals surface area contributed by atoms with Gasteiger partial charge in [0.25, 0.3) is 5.91 Å². The predicted molar refractivity (Wildman–Crippen MR) is 184 cm³/mol. The molecule has 3 amide bonds. The van der Waals surface area contributed by atoms with E-state index in [0.717, 1.165) is 87.3 Å². The molecule has 12 nitrogen and oxygen atoms in total. The smallest absolute Gasteiger partial charge is 0.276 e. The molecule has 12 heteroatoms. The minimum Gasteiger partial charge on any atom is -0.388 e. The number of carbonyl (C=O) groups excluding carboxylic acids is 3. The minimum absolute atomic E-state index is 0.160. The predicted octanol–water partition coefficient (Wildman–Crippen LogP) is 4.32. The molecule has 3 aliphatic heterocycles. The summed E-state index contributed by atoms with van der Waals surface area (Å²) in [6, 6.07) is 8.69. The van der Waals surface area contributed by atoms with Gasteiger partial charge in [-0.3, -0.25) is 29.5 Å². The Morgan fingerprint density at radius 3 is 2.42 bits per heavy atom. The zero-order valence-corrected chi connectivity index (χ0v) is 28.5. The molecule has 3 aromatic rings. The van der Waals surface area contributed by atoms with Crippen molar-refractivity contribution in [3.05, 3.63) is 59.2 Å². The Labute approximate surface area is 283 Å². The van der Waals surface area contributed by atoms with Crippen molar-refractivity contribution in [2.75, 3.05) is 57.2 Å². The van der Waals surface area contributed by atoms with Crippen LogP contribution in [0.1, 0.15) is 91.1 Å². The largest absolute Gasteiger partial charge is 0.388 e. The Balaban J connectivity index is 0.00000129. The maximum absolute atomic E-state index is 13.0. The highest BCUT2D eigenvalue weighted by atomic mass is 16.4. The first-order chi connectivity index (χ1) is 23.3. The molecule has 5 heterocycles. The van der Waals surface area contributed by atoms with Gasteiger partial charge in [-0.2, -0.15) is 10.2 Å². The number of carbonyl (C=O) groups is 3. The number of nitrogens with zero attached hydrogens (tertiary/aromatic N) is 5. The normalized spacial score (nSPS) is 22.4. The van der Waals surface area contributed by atoms with Crippen molar-refractivity contribution < 1.29 is 19.1 Å². The van der Waals surface area contributed by atoms with Crippen LogP contribution in [0.25, 0.3) is 0 Å². The Morgan fingerprint density at radius 2 is 1.71 bits per heavy atom. The van der Waals surface area contributed by atoms with Crippen LogP contribution in [0.15, 0.2) is 36.7 Å². The van der Waals surface area contributed by atoms with Crippen LogP contribution in [-0.4, -0.2) is 89.5 Å². The lowest BCUT2D eigenvalue weighted by molar-refractivity contribution is -0.134. The van der Waals surface area contributed by atoms with Crippen LogP contribution in [0.4, 0.5) is 11.4 Å². The molecule has 2 atom stereocenters. The number of methoxy groups -OCH3 is 1. The lowest BCUT2D eigenvalue weighted by atomic mass is 9.88. The Hall–Kier alpha value is -4.03. The van der Waals surface area contributed by atoms with Crippen molar-refractivity contribution >= 4 is 29.1 Å². The third-order valence-corrected chi connectivity index (χ3v) is 10.4. The van der Waals surface area contributed by atoms with Gasteiger partial charge in [-0.25, -0.2) is 0 Å². The summed E-state index contributed by atoms with van der Waals surface area (Å²) in [4.78, 5) is 41.7. The van der Waals surface area contributed by atoms with E-state index in [4.69, 9.17) is 0 Å². The fourth-order valence-corrected chi connectivity index (χ4v) is 7.70. The number of hydrogen-bond acceptors (Lipinski definition) is 8. The molecule has 3 fully saturated rings. The van der Waals surface area contributed by atoms with Gasteiger partial charge in [0, 0.05) is 76.5 Å². The number of nitrogens with one attached hydrogen (secondary N) is 3. The van der Waals surface area contributed by atoms with Gasteiger partial charge >= 0.3 is 0 Å². The molecule has 0 saturated carbocycles. The van der Waals surface area contributed by atoms with Gasteiger partial charge < -0.3 is 19.9 Å². The lowest BCUT2D eigenvalue weighted by Gasteiger charge is -2.38. The van der Waals surface area contributed by atoms with Crippen LogP contribution < -0.4 is 15.5 Å². The van der Waals surface area contributed by atoms with Crippen molar-refractivity contribution in [1.29, 1.82) is 0 Å². The summed E-state index contributed by atoms with van der Waals surface area (Å²) in [7, 11) is 3.25. The number of likely N-dealkylation sites (tertiary alicyclic amines) is 1. The zero-order valence-electron chi connectivity index (χ0n) is 28.5. The SMILES string of the molecule is CC1CCc2c(C(=O)Nc3cnn(C4CCN(CC5CCN(c6ccc(C7CCC(=O)NC7=O)cc6)CC5)CC4)c3)n[nH]c2C1.COC. The van der Waals surface area contributed by atoms with E-state index in [2.05, 4.69) is 59.5 Å². The van der Waals surface area contributed by atoms with Crippen LogP contribution in [0.5, 0.6) is 0 Å². The third-order valence-electron chi connectivity index (χ3n) is 10.4. The van der Waals surface area contributed by atoms with Gasteiger partial charge in [-0.15, -0.1) is 0 Å². The Bertz CT molecular complexity index is 1550. The van der Waals surface area contributed by atoms with E-state index >= 15 is 0 Å². The van der Waals surface area contributed by atoms with Gasteiger partial charge in [0.2, 0.25) is 11.8 Å². The van der Waals surface area contributed by atoms with Crippen molar-refractivity contribution in [3.63, 3.8) is 0 Å². The standard InChI is InChI=1S/C34H44N8O3.C2H6O/c1-22-2-7-29-30(18-22)38-39-32(29)34(45)36-25-19-35-42(21-25)27-12-14-40(15-13-27)20-23-10-16-41(17-11-23)26-5-3-24(4-6-26)28-8-9-31(43)37-33(28)44;1-3-2/h3-6,19,21-23,27-28H,2,7-18,20H2,1H3,(H,36,45)(H,38,39)(H,37,43,44);1-2H3. The monoisotopic (exact) mass is 658 g/mol. The van der Waals surface area contributed by atoms with E-state index in [-0.39, 0.29) is 23.6 Å². The average Bonchev–Trinajstić information content (AvgIpc) is 3.73. The van der Waals surface area contributed by atoms with E-state index in [1.807, 2.05) is 23.0 Å². The highest BCUT2D eigenvalue weighted by Crippen LogP contribution is 2.31. The molecule has 2 unspecified atom stereocenters. The van der Waals surface area contributed by atoms with E-state index in [1.54, 1.807) is 20.4 Å². The first kappa shape index (κ1) is 33.9. The molecule has 4 aliphatic rings. The van der Waals surface area contributed by atoms with Crippen LogP contribution in [0.3, 0.4) is 0 Å². The number of amides is 3. The number of hydrogen-bond donors (Lipinski definition) is 3. The molecule has 7 rings (SSSR count). The maximum atomic E-state index is 13.0. The topological polar surface area (TPSA) is 137 Å². The number of imide groups is 1. The van der Waals surface area contributed by atoms with Gasteiger partial charge in [-0.05, 0) is 80.9 Å². The summed E-state index contributed by atoms with van der Waals surface area (Å²) in [5, 5.41) is 17.5. The summed E-state index contributed by atoms with van der Waals surface area (Å²) < 4.78 is 6.28. The van der Waals surface area contributed by atoms with Crippen molar-refractivity contribution in [3.8, 4) is 0 Å². The van der Waals surface area contributed by atoms with Crippen molar-refractivity contribution in [2.45, 2.75) is 76.7 Å². The van der Waals surface area contributed by atoms with Gasteiger partial charge in [-0.1, -0.05) is 19.1 Å². The number of piperidine rings is 3. The van der Waals surface area contributed by atoms with Crippen LogP contribution in [0.2, 0.25) is 0 Å². The molecule has 0 spiro atoms. The maximum Gasteiger partial charge on any atom is 0.276 e. The summed E-state index contributed by atoms with van der Waals surface area (Å²) in [5.41, 5.74) is 5.60. The Morgan fingerprint density at radius 1 is 0.979 bits per heavy atom. The first-order valence-electron chi connectivity index (χ1n) is 17.5. The second kappa shape index (κ2) is 15.5. The average molecular weight is 659 g/mol. The third kappa shape index (κ3) is 7.98. The molecule has 48 heavy (non-hydrogen) atoms. The van der Waals surface area contributed by atoms with Gasteiger partial charge in [0.15, 0.2) is 5.69 Å². The number of fused-ring (bicyclic) bond motifs is 1. The molecule has 3 N–H and O–H groups in total. The molecule has 1 aromatic carbocycles. The molecule has 1 aliphatic carbocycles. The highest BCUT2D eigenvalue weighted by molar-refractivity contribution is 6.04. The number of benzene rings is 1. The highest BCUT2D eigenvalue weighted by Gasteiger charge is 2.30. The Kier molecular flexibility index (Phi) is 10.9. The molecule has 0 bridgehead atoms. The van der Waals surface area contributed by atoms with Gasteiger partial charge in [0.1, 0.15) is 0 Å². The summed E-state index contributed by atoms with van der Waals surface area (Å²) in [5.74, 6) is 0.573. The van der Waals surface area contributed by atoms with Crippen LogP contribution in [-0.2, 0) is 27.2 Å². The minimum atomic E-state index is -0.232. The van der Waals surface area contributed by atoms with Crippen LogP contribution in [0, 0.1) is 11.8 Å². The lowest BCUT2D eigenvalue weighted by Crippen LogP contribution is -2.42. The van der Waals surface area contributed by atoms with Crippen molar-refractivity contribution in [1.82, 2.24) is 30.2 Å². The molecular weight excluding hydrogens is 608 g/mol. The summed E-state index contributed by atoms with van der Waals surface area (Å²) in [6.07, 6.45) is 12.1. The molecule has 2 aromatic heterocycles. The van der Waals surface area contributed by atoms with E-state index in [9.17, 15) is 14.4 Å². The number of ether oxygens (including phenoxy) is 1. The number of H-pyrrole nitrogens is 1. The fourth-order valence-electron chi connectivity index (χ4n) is 7.70. The molecule has 0 radical (unpaired) electrons. The number of aromatic nitrogens is 4. The summed E-state index contributed by atoms with van der Waals surface area (Å²) >= 11 is 0. The van der Waals surface area contributed by atoms with Crippen molar-refractivity contribution in [2.24, 2.45) is 11.8 Å². The van der Waals surface area contributed by atoms with Gasteiger partial charge in [0.05, 0.1) is 23.8 Å². The number of anilines is 2. The number of rotatable bonds is 7. The summed E-state index contributed by atoms with van der Waals surface area (Å²) in [6.45, 7) is 7.59. The quantitative estimate of drug-likeness (QED) is 0.320. The second-order valence-corrected chi connectivity index (χ2v) is 14.0. The van der Waals surface area contributed by atoms with E-state index in [0.29, 0.717) is 36.4 Å². The zero-order chi connectivity index (χ0) is 33.6. The van der Waals surface area contributed by atoms with Crippen LogP contribution >= 0.6 is 0 Å².